The zero-order valence-electron chi connectivity index (χ0n) is 11.5. The third-order valence-electron chi connectivity index (χ3n) is 3.47. The van der Waals surface area contributed by atoms with Crippen LogP contribution in [0, 0.1) is 0 Å². The summed E-state index contributed by atoms with van der Waals surface area (Å²) < 4.78 is 43.4. The minimum Gasteiger partial charge on any atom is -0.494 e. The summed E-state index contributed by atoms with van der Waals surface area (Å²) in [6.45, 7) is 1.45. The quantitative estimate of drug-likeness (QED) is 0.931. The molecular weight excluding hydrogens is 287 g/mol. The van der Waals surface area contributed by atoms with Crippen LogP contribution in [0.1, 0.15) is 23.7 Å². The maximum atomic E-state index is 12.7. The van der Waals surface area contributed by atoms with Crippen LogP contribution in [0.25, 0.3) is 0 Å². The molecule has 1 aliphatic heterocycles. The molecule has 1 fully saturated rings. The number of ether oxygens (including phenoxy) is 1. The summed E-state index contributed by atoms with van der Waals surface area (Å²) >= 11 is 0. The molecular formula is C14H16F3NO3. The first-order valence-electron chi connectivity index (χ1n) is 6.58. The monoisotopic (exact) mass is 303 g/mol. The van der Waals surface area contributed by atoms with Gasteiger partial charge in [0.2, 0.25) is 0 Å². The van der Waals surface area contributed by atoms with Crippen LogP contribution in [0.2, 0.25) is 0 Å². The van der Waals surface area contributed by atoms with E-state index in [9.17, 15) is 23.1 Å². The van der Waals surface area contributed by atoms with E-state index in [0.29, 0.717) is 12.4 Å². The summed E-state index contributed by atoms with van der Waals surface area (Å²) in [7, 11) is 0. The lowest BCUT2D eigenvalue weighted by atomic mass is 10.0. The molecule has 2 rings (SSSR count). The average Bonchev–Trinajstić information content (AvgIpc) is 2.83. The van der Waals surface area contributed by atoms with E-state index < -0.39 is 30.7 Å². The van der Waals surface area contributed by atoms with E-state index in [2.05, 4.69) is 0 Å². The summed E-state index contributed by atoms with van der Waals surface area (Å²) in [5.41, 5.74) is -2.54. The molecule has 7 heteroatoms. The highest BCUT2D eigenvalue weighted by Crippen LogP contribution is 2.38. The number of hydrogen-bond acceptors (Lipinski definition) is 3. The number of alkyl halides is 3. The molecule has 1 aromatic rings. The van der Waals surface area contributed by atoms with Gasteiger partial charge in [0.15, 0.2) is 5.60 Å². The fourth-order valence-electron chi connectivity index (χ4n) is 2.24. The smallest absolute Gasteiger partial charge is 0.419 e. The first-order valence-corrected chi connectivity index (χ1v) is 6.58. The fraction of sp³-hybridized carbons (Fsp3) is 0.500. The summed E-state index contributed by atoms with van der Waals surface area (Å²) in [5, 5.41) is 9.57. The first-order chi connectivity index (χ1) is 9.77. The van der Waals surface area contributed by atoms with Gasteiger partial charge in [-0.3, -0.25) is 4.79 Å². The molecule has 0 saturated carbocycles. The minimum absolute atomic E-state index is 0.123. The van der Waals surface area contributed by atoms with Gasteiger partial charge in [-0.2, -0.15) is 13.2 Å². The number of carbonyl (C=O) groups excluding carboxylic acids is 1. The van der Waals surface area contributed by atoms with Crippen LogP contribution in [0.5, 0.6) is 5.75 Å². The molecule has 1 saturated heterocycles. The number of nitrogens with zero attached hydrogens (tertiary/aromatic N) is 1. The molecule has 1 aromatic carbocycles. The van der Waals surface area contributed by atoms with Crippen LogP contribution >= 0.6 is 0 Å². The molecule has 0 aromatic heterocycles. The van der Waals surface area contributed by atoms with Gasteiger partial charge in [0.25, 0.3) is 5.91 Å². The van der Waals surface area contributed by atoms with Crippen molar-refractivity contribution in [3.05, 3.63) is 29.8 Å². The van der Waals surface area contributed by atoms with Crippen molar-refractivity contribution < 1.29 is 27.8 Å². The largest absolute Gasteiger partial charge is 0.494 e. The van der Waals surface area contributed by atoms with Gasteiger partial charge in [-0.1, -0.05) is 0 Å². The normalized spacial score (nSPS) is 22.4. The second-order valence-electron chi connectivity index (χ2n) is 4.96. The lowest BCUT2D eigenvalue weighted by Crippen LogP contribution is -2.48. The Balaban J connectivity index is 2.08. The molecule has 1 atom stereocenters. The third-order valence-corrected chi connectivity index (χ3v) is 3.47. The maximum absolute atomic E-state index is 12.7. The van der Waals surface area contributed by atoms with Gasteiger partial charge in [0, 0.05) is 18.5 Å². The number of benzene rings is 1. The number of amides is 1. The molecule has 1 heterocycles. The third kappa shape index (κ3) is 3.12. The molecule has 4 nitrogen and oxygen atoms in total. The van der Waals surface area contributed by atoms with Crippen molar-refractivity contribution in [3.63, 3.8) is 0 Å². The van der Waals surface area contributed by atoms with Crippen molar-refractivity contribution in [1.82, 2.24) is 4.90 Å². The highest BCUT2D eigenvalue weighted by atomic mass is 19.4. The van der Waals surface area contributed by atoms with Crippen LogP contribution in [-0.2, 0) is 0 Å². The number of likely N-dealkylation sites (tertiary alicyclic amines) is 1. The van der Waals surface area contributed by atoms with Gasteiger partial charge in [0.1, 0.15) is 5.75 Å². The Bertz CT molecular complexity index is 515. The Morgan fingerprint density at radius 3 is 2.48 bits per heavy atom. The average molecular weight is 303 g/mol. The number of hydrogen-bond donors (Lipinski definition) is 1. The van der Waals surface area contributed by atoms with E-state index in [1.165, 1.54) is 12.1 Å². The zero-order chi connectivity index (χ0) is 15.7. The molecule has 1 amide bonds. The van der Waals surface area contributed by atoms with Crippen molar-refractivity contribution in [1.29, 1.82) is 0 Å². The molecule has 0 unspecified atom stereocenters. The van der Waals surface area contributed by atoms with Crippen molar-refractivity contribution in [2.24, 2.45) is 0 Å². The van der Waals surface area contributed by atoms with E-state index >= 15 is 0 Å². The van der Waals surface area contributed by atoms with Crippen LogP contribution < -0.4 is 4.74 Å². The highest BCUT2D eigenvalue weighted by molar-refractivity contribution is 5.94. The molecule has 1 N–H and O–H groups in total. The van der Waals surface area contributed by atoms with Crippen molar-refractivity contribution in [3.8, 4) is 5.75 Å². The van der Waals surface area contributed by atoms with Gasteiger partial charge in [-0.25, -0.2) is 0 Å². The highest BCUT2D eigenvalue weighted by Gasteiger charge is 2.57. The van der Waals surface area contributed by atoms with E-state index in [1.54, 1.807) is 12.1 Å². The summed E-state index contributed by atoms with van der Waals surface area (Å²) in [6, 6.07) is 6.17. The van der Waals surface area contributed by atoms with Gasteiger partial charge in [-0.15, -0.1) is 0 Å². The van der Waals surface area contributed by atoms with E-state index in [-0.39, 0.29) is 12.1 Å². The van der Waals surface area contributed by atoms with Crippen molar-refractivity contribution in [2.45, 2.75) is 25.1 Å². The number of β-amino-alcohol motifs (C(OH)–C–C–N with tert-alkyl or cyclic N) is 1. The standard InChI is InChI=1S/C14H16F3NO3/c1-2-21-11-5-3-10(4-6-11)12(19)18-8-7-13(20,9-18)14(15,16)17/h3-6,20H,2,7-9H2,1H3/t13-/m1/s1. The van der Waals surface area contributed by atoms with Crippen LogP contribution in [0.3, 0.4) is 0 Å². The summed E-state index contributed by atoms with van der Waals surface area (Å²) in [4.78, 5) is 13.2. The first kappa shape index (κ1) is 15.6. The van der Waals surface area contributed by atoms with Crippen LogP contribution in [0.4, 0.5) is 13.2 Å². The number of halogens is 3. The van der Waals surface area contributed by atoms with Gasteiger partial charge in [0.05, 0.1) is 13.2 Å². The maximum Gasteiger partial charge on any atom is 0.419 e. The second kappa shape index (κ2) is 5.55. The molecule has 0 spiro atoms. The molecule has 0 radical (unpaired) electrons. The lowest BCUT2D eigenvalue weighted by Gasteiger charge is -2.25. The van der Waals surface area contributed by atoms with E-state index in [4.69, 9.17) is 4.74 Å². The minimum atomic E-state index is -4.74. The Morgan fingerprint density at radius 1 is 1.38 bits per heavy atom. The Labute approximate surface area is 120 Å². The van der Waals surface area contributed by atoms with Crippen molar-refractivity contribution in [2.75, 3.05) is 19.7 Å². The predicted molar refractivity (Wildman–Crippen MR) is 69.1 cm³/mol. The molecule has 0 aliphatic carbocycles. The zero-order valence-corrected chi connectivity index (χ0v) is 11.5. The number of carbonyl (C=O) groups is 1. The van der Waals surface area contributed by atoms with Crippen LogP contribution in [0.15, 0.2) is 24.3 Å². The molecule has 0 bridgehead atoms. The summed E-state index contributed by atoms with van der Waals surface area (Å²) in [5.74, 6) is 0.0560. The molecule has 1 aliphatic rings. The second-order valence-corrected chi connectivity index (χ2v) is 4.96. The fourth-order valence-corrected chi connectivity index (χ4v) is 2.24. The Hall–Kier alpha value is -1.76. The van der Waals surface area contributed by atoms with Gasteiger partial charge >= 0.3 is 6.18 Å². The van der Waals surface area contributed by atoms with E-state index in [1.807, 2.05) is 6.92 Å². The number of rotatable bonds is 3. The predicted octanol–water partition coefficient (Wildman–Crippen LogP) is 2.22. The van der Waals surface area contributed by atoms with Gasteiger partial charge < -0.3 is 14.7 Å². The topological polar surface area (TPSA) is 49.8 Å². The Kier molecular flexibility index (Phi) is 4.13. The van der Waals surface area contributed by atoms with Crippen molar-refractivity contribution >= 4 is 5.91 Å². The SMILES string of the molecule is CCOc1ccc(C(=O)N2CC[C@](O)(C(F)(F)F)C2)cc1. The lowest BCUT2D eigenvalue weighted by molar-refractivity contribution is -0.253. The molecule has 116 valence electrons. The number of aliphatic hydroxyl groups is 1. The Morgan fingerprint density at radius 2 is 2.00 bits per heavy atom. The van der Waals surface area contributed by atoms with E-state index in [0.717, 1.165) is 4.90 Å². The van der Waals surface area contributed by atoms with Crippen LogP contribution in [-0.4, -0.2) is 47.4 Å². The molecule has 21 heavy (non-hydrogen) atoms. The summed E-state index contributed by atoms with van der Waals surface area (Å²) in [6.07, 6.45) is -5.24. The van der Waals surface area contributed by atoms with Gasteiger partial charge in [-0.05, 0) is 31.2 Å².